The van der Waals surface area contributed by atoms with Gasteiger partial charge in [-0.15, -0.1) is 0 Å². The van der Waals surface area contributed by atoms with Crippen LogP contribution in [0.15, 0.2) is 23.3 Å². The number of hydrogen-bond acceptors (Lipinski definition) is 5. The lowest BCUT2D eigenvalue weighted by atomic mass is 10.1. The van der Waals surface area contributed by atoms with E-state index in [0.29, 0.717) is 17.8 Å². The van der Waals surface area contributed by atoms with E-state index in [1.807, 2.05) is 37.5 Å². The zero-order chi connectivity index (χ0) is 19.7. The van der Waals surface area contributed by atoms with Crippen LogP contribution in [0.5, 0.6) is 0 Å². The largest absolute Gasteiger partial charge is 0.361 e. The Morgan fingerprint density at radius 3 is 2.35 bits per heavy atom. The molecule has 1 aromatic rings. The highest BCUT2D eigenvalue weighted by molar-refractivity contribution is 6.34. The summed E-state index contributed by atoms with van der Waals surface area (Å²) >= 11 is 0. The van der Waals surface area contributed by atoms with Gasteiger partial charge in [-0.05, 0) is 43.5 Å². The number of rotatable bonds is 8. The minimum absolute atomic E-state index is 0.00748. The lowest BCUT2D eigenvalue weighted by Crippen LogP contribution is -2.33. The predicted octanol–water partition coefficient (Wildman–Crippen LogP) is 1.35. The van der Waals surface area contributed by atoms with Crippen molar-refractivity contribution in [3.8, 4) is 0 Å². The van der Waals surface area contributed by atoms with Crippen LogP contribution >= 0.6 is 0 Å². The van der Waals surface area contributed by atoms with Crippen LogP contribution in [0.25, 0.3) is 0 Å². The minimum Gasteiger partial charge on any atom is -0.361 e. The highest BCUT2D eigenvalue weighted by Gasteiger charge is 2.12. The first-order valence-electron chi connectivity index (χ1n) is 8.27. The van der Waals surface area contributed by atoms with E-state index in [0.717, 1.165) is 11.1 Å². The topological polar surface area (TPSA) is 131 Å². The van der Waals surface area contributed by atoms with Crippen molar-refractivity contribution in [3.63, 3.8) is 0 Å². The average Bonchev–Trinajstić information content (AvgIpc) is 2.59. The quantitative estimate of drug-likeness (QED) is 0.367. The fourth-order valence-corrected chi connectivity index (χ4v) is 2.04. The summed E-state index contributed by atoms with van der Waals surface area (Å²) in [6.45, 7) is 5.70. The van der Waals surface area contributed by atoms with E-state index in [9.17, 15) is 19.2 Å². The third kappa shape index (κ3) is 7.25. The van der Waals surface area contributed by atoms with Crippen LogP contribution in [0.1, 0.15) is 43.7 Å². The molecule has 0 saturated heterocycles. The molecule has 0 bridgehead atoms. The van der Waals surface area contributed by atoms with Crippen molar-refractivity contribution in [2.24, 2.45) is 10.8 Å². The number of amides is 3. The molecule has 0 saturated carbocycles. The molecule has 0 aliphatic carbocycles. The van der Waals surface area contributed by atoms with Gasteiger partial charge in [0.25, 0.3) is 0 Å². The van der Waals surface area contributed by atoms with Crippen LogP contribution in [-0.4, -0.2) is 29.2 Å². The smallest absolute Gasteiger partial charge is 0.329 e. The second-order valence-corrected chi connectivity index (χ2v) is 5.90. The Labute approximate surface area is 152 Å². The molecule has 0 radical (unpaired) electrons. The lowest BCUT2D eigenvalue weighted by molar-refractivity contribution is -0.137. The Bertz CT molecular complexity index is 741. The molecule has 8 nitrogen and oxygen atoms in total. The van der Waals surface area contributed by atoms with Crippen molar-refractivity contribution in [3.05, 3.63) is 29.3 Å². The van der Waals surface area contributed by atoms with Gasteiger partial charge in [0, 0.05) is 30.7 Å². The molecular formula is C18H24N4O4. The third-order valence-corrected chi connectivity index (χ3v) is 3.77. The molecule has 0 atom stereocenters. The van der Waals surface area contributed by atoms with Gasteiger partial charge in [0.05, 0.1) is 0 Å². The summed E-state index contributed by atoms with van der Waals surface area (Å²) in [5.41, 5.74) is 10.1. The molecule has 0 aromatic heterocycles. The third-order valence-electron chi connectivity index (χ3n) is 3.77. The lowest BCUT2D eigenvalue weighted by Gasteiger charge is -2.08. The number of nitrogens with zero attached hydrogens (tertiary/aromatic N) is 1. The molecule has 4 N–H and O–H groups in total. The first-order chi connectivity index (χ1) is 12.2. The first-order valence-corrected chi connectivity index (χ1v) is 8.27. The zero-order valence-electron chi connectivity index (χ0n) is 15.2. The van der Waals surface area contributed by atoms with Crippen molar-refractivity contribution in [1.29, 1.82) is 0 Å². The van der Waals surface area contributed by atoms with Gasteiger partial charge in [0.2, 0.25) is 5.91 Å². The monoisotopic (exact) mass is 360 g/mol. The van der Waals surface area contributed by atoms with Gasteiger partial charge in [-0.1, -0.05) is 13.0 Å². The fourth-order valence-electron chi connectivity index (χ4n) is 2.04. The number of carbonyl (C=O) groups is 4. The number of nitrogens with one attached hydrogen (secondary N) is 2. The van der Waals surface area contributed by atoms with E-state index in [4.69, 9.17) is 5.73 Å². The first kappa shape index (κ1) is 21.0. The Morgan fingerprint density at radius 2 is 1.77 bits per heavy atom. The number of carbonyl (C=O) groups excluding carboxylic acids is 4. The summed E-state index contributed by atoms with van der Waals surface area (Å²) < 4.78 is 0. The molecule has 0 aliphatic heterocycles. The van der Waals surface area contributed by atoms with Crippen LogP contribution in [0.2, 0.25) is 0 Å². The molecule has 26 heavy (non-hydrogen) atoms. The fraction of sp³-hybridized carbons (Fsp3) is 0.389. The number of nitrogens with two attached hydrogens (primary N) is 1. The van der Waals surface area contributed by atoms with Gasteiger partial charge in [0.1, 0.15) is 5.78 Å². The molecule has 0 aliphatic rings. The van der Waals surface area contributed by atoms with Crippen LogP contribution in [0.4, 0.5) is 5.69 Å². The van der Waals surface area contributed by atoms with Crippen LogP contribution < -0.4 is 16.5 Å². The summed E-state index contributed by atoms with van der Waals surface area (Å²) in [6, 6.07) is 5.60. The normalized spacial score (nSPS) is 11.0. The maximum atomic E-state index is 12.0. The predicted molar refractivity (Wildman–Crippen MR) is 98.5 cm³/mol. The van der Waals surface area contributed by atoms with Crippen molar-refractivity contribution in [2.75, 3.05) is 5.32 Å². The van der Waals surface area contributed by atoms with Gasteiger partial charge in [0.15, 0.2) is 0 Å². The Morgan fingerprint density at radius 1 is 1.08 bits per heavy atom. The van der Waals surface area contributed by atoms with E-state index in [-0.39, 0.29) is 31.0 Å². The average molecular weight is 360 g/mol. The van der Waals surface area contributed by atoms with E-state index >= 15 is 0 Å². The number of hydrogen-bond donors (Lipinski definition) is 3. The summed E-state index contributed by atoms with van der Waals surface area (Å²) in [6.07, 6.45) is 0.516. The molecule has 1 rings (SSSR count). The van der Waals surface area contributed by atoms with Crippen molar-refractivity contribution >= 4 is 34.9 Å². The van der Waals surface area contributed by atoms with Crippen molar-refractivity contribution in [1.82, 2.24) is 5.43 Å². The summed E-state index contributed by atoms with van der Waals surface area (Å²) in [4.78, 5) is 45.6. The summed E-state index contributed by atoms with van der Waals surface area (Å²) in [5, 5.41) is 6.47. The van der Waals surface area contributed by atoms with E-state index < -0.39 is 11.8 Å². The number of Topliss-reactive ketones (excluding diaryl/α,β-unsaturated/α-hetero) is 1. The number of ketones is 1. The molecule has 0 fully saturated rings. The number of aryl methyl sites for hydroxylation is 2. The maximum absolute atomic E-state index is 12.0. The van der Waals surface area contributed by atoms with E-state index in [1.54, 1.807) is 6.92 Å². The second-order valence-electron chi connectivity index (χ2n) is 5.90. The molecule has 140 valence electrons. The number of anilines is 1. The summed E-state index contributed by atoms with van der Waals surface area (Å²) in [7, 11) is 0. The van der Waals surface area contributed by atoms with E-state index in [1.165, 1.54) is 0 Å². The molecule has 0 unspecified atom stereocenters. The van der Waals surface area contributed by atoms with Crippen LogP contribution in [0.3, 0.4) is 0 Å². The molecule has 8 heteroatoms. The van der Waals surface area contributed by atoms with Crippen molar-refractivity contribution < 1.29 is 19.2 Å². The van der Waals surface area contributed by atoms with Crippen LogP contribution in [0, 0.1) is 13.8 Å². The maximum Gasteiger partial charge on any atom is 0.329 e. The SMILES string of the molecule is CC/C(CC(=O)CCC(=O)Nc1ccc(C)c(C)c1)=N\NC(=O)C(N)=O. The van der Waals surface area contributed by atoms with Gasteiger partial charge >= 0.3 is 11.8 Å². The van der Waals surface area contributed by atoms with Gasteiger partial charge in [-0.25, -0.2) is 5.43 Å². The molecular weight excluding hydrogens is 336 g/mol. The molecule has 1 aromatic carbocycles. The highest BCUT2D eigenvalue weighted by Crippen LogP contribution is 2.14. The Balaban J connectivity index is 2.47. The Kier molecular flexibility index (Phi) is 8.14. The minimum atomic E-state index is -1.15. The highest BCUT2D eigenvalue weighted by atomic mass is 16.2. The molecule has 0 heterocycles. The number of primary amides is 1. The number of benzene rings is 1. The molecule has 0 spiro atoms. The number of hydrazone groups is 1. The summed E-state index contributed by atoms with van der Waals surface area (Å²) in [5.74, 6) is -2.64. The van der Waals surface area contributed by atoms with Gasteiger partial charge < -0.3 is 11.1 Å². The van der Waals surface area contributed by atoms with Crippen LogP contribution in [-0.2, 0) is 19.2 Å². The molecule has 3 amide bonds. The van der Waals surface area contributed by atoms with Crippen molar-refractivity contribution in [2.45, 2.75) is 46.5 Å². The second kappa shape index (κ2) is 10.1. The van der Waals surface area contributed by atoms with E-state index in [2.05, 4.69) is 10.4 Å². The standard InChI is InChI=1S/C18H24N4O4/c1-4-13(21-22-18(26)17(19)25)10-15(23)7-8-16(24)20-14-6-5-11(2)12(3)9-14/h5-6,9H,4,7-8,10H2,1-3H3,(H2,19,25)(H,20,24)(H,22,26)/b21-13+. The Hall–Kier alpha value is -3.03. The van der Waals surface area contributed by atoms with Gasteiger partial charge in [-0.2, -0.15) is 5.10 Å². The van der Waals surface area contributed by atoms with Gasteiger partial charge in [-0.3, -0.25) is 19.2 Å². The zero-order valence-corrected chi connectivity index (χ0v) is 15.2.